The molecule has 0 aliphatic carbocycles. The summed E-state index contributed by atoms with van der Waals surface area (Å²) in [5.74, 6) is -0.152. The van der Waals surface area contributed by atoms with E-state index in [-0.39, 0.29) is 11.4 Å². The van der Waals surface area contributed by atoms with Crippen LogP contribution >= 0.6 is 46.7 Å². The van der Waals surface area contributed by atoms with Crippen LogP contribution in [0.15, 0.2) is 90.7 Å². The molecule has 1 amide bonds. The Bertz CT molecular complexity index is 1350. The molecule has 0 saturated heterocycles. The van der Waals surface area contributed by atoms with Gasteiger partial charge in [-0.3, -0.25) is 10.2 Å². The normalized spacial score (nSPS) is 16.9. The van der Waals surface area contributed by atoms with Crippen molar-refractivity contribution in [2.75, 3.05) is 0 Å². The van der Waals surface area contributed by atoms with E-state index in [9.17, 15) is 4.79 Å². The van der Waals surface area contributed by atoms with Crippen LogP contribution in [0.5, 0.6) is 0 Å². The van der Waals surface area contributed by atoms with Gasteiger partial charge in [-0.25, -0.2) is 0 Å². The summed E-state index contributed by atoms with van der Waals surface area (Å²) in [5, 5.41) is 17.0. The van der Waals surface area contributed by atoms with Crippen LogP contribution in [0.1, 0.15) is 11.3 Å². The summed E-state index contributed by atoms with van der Waals surface area (Å²) < 4.78 is 5.81. The minimum absolute atomic E-state index is 0.0714. The lowest BCUT2D eigenvalue weighted by atomic mass is 10.1. The van der Waals surface area contributed by atoms with E-state index in [0.29, 0.717) is 31.1 Å². The van der Waals surface area contributed by atoms with E-state index in [1.54, 1.807) is 30.3 Å². The number of amides is 1. The summed E-state index contributed by atoms with van der Waals surface area (Å²) in [6.45, 7) is 0. The quantitative estimate of drug-likeness (QED) is 0.420. The monoisotopic (exact) mass is 498 g/mol. The number of hydrogen-bond acceptors (Lipinski definition) is 6. The summed E-state index contributed by atoms with van der Waals surface area (Å²) in [5.41, 5.74) is 0.813. The summed E-state index contributed by atoms with van der Waals surface area (Å²) >= 11 is 14.8. The minimum Gasteiger partial charge on any atom is -0.450 e. The molecule has 2 aliphatic rings. The highest BCUT2D eigenvalue weighted by Crippen LogP contribution is 2.34. The van der Waals surface area contributed by atoms with Crippen molar-refractivity contribution in [3.8, 4) is 0 Å². The maximum absolute atomic E-state index is 12.6. The number of fused-ring (bicyclic) bond motifs is 1. The van der Waals surface area contributed by atoms with Gasteiger partial charge in [-0.05, 0) is 60.3 Å². The van der Waals surface area contributed by atoms with Gasteiger partial charge < -0.3 is 4.42 Å². The fourth-order valence-electron chi connectivity index (χ4n) is 2.96. The van der Waals surface area contributed by atoms with E-state index < -0.39 is 5.91 Å². The Hall–Kier alpha value is -2.78. The molecule has 1 N–H and O–H groups in total. The highest BCUT2D eigenvalue weighted by atomic mass is 35.5. The van der Waals surface area contributed by atoms with Gasteiger partial charge in [0.15, 0.2) is 10.9 Å². The Morgan fingerprint density at radius 3 is 2.62 bits per heavy atom. The second-order valence-electron chi connectivity index (χ2n) is 6.62. The molecule has 0 saturated carbocycles. The summed E-state index contributed by atoms with van der Waals surface area (Å²) in [7, 11) is 0. The number of thioether (sulfide) groups is 1. The predicted molar refractivity (Wildman–Crippen MR) is 130 cm³/mol. The molecule has 32 heavy (non-hydrogen) atoms. The number of rotatable bonds is 4. The van der Waals surface area contributed by atoms with Gasteiger partial charge in [0.25, 0.3) is 5.91 Å². The molecular formula is C22H12Cl2N4O2S2. The average molecular weight is 499 g/mol. The second kappa shape index (κ2) is 8.63. The first-order chi connectivity index (χ1) is 15.5. The molecule has 0 spiro atoms. The summed E-state index contributed by atoms with van der Waals surface area (Å²) in [4.78, 5) is 17.7. The lowest BCUT2D eigenvalue weighted by Crippen LogP contribution is -2.35. The molecule has 0 fully saturated rings. The van der Waals surface area contributed by atoms with Crippen LogP contribution in [0.4, 0.5) is 0 Å². The van der Waals surface area contributed by atoms with Gasteiger partial charge >= 0.3 is 0 Å². The van der Waals surface area contributed by atoms with Crippen molar-refractivity contribution in [3.63, 3.8) is 0 Å². The highest BCUT2D eigenvalue weighted by molar-refractivity contribution is 8.27. The number of amidine groups is 2. The van der Waals surface area contributed by atoms with Crippen molar-refractivity contribution in [1.82, 2.24) is 5.01 Å². The Kier molecular flexibility index (Phi) is 5.69. The van der Waals surface area contributed by atoms with E-state index in [1.165, 1.54) is 34.6 Å². The first-order valence-electron chi connectivity index (χ1n) is 9.26. The lowest BCUT2D eigenvalue weighted by Gasteiger charge is -2.19. The SMILES string of the molecule is N=C1/C(=C/c2ccc(Sc3ccc(Cl)cc3)o2)C(=O)N=C2SC(c3ccccc3Cl)=NN12. The topological polar surface area (TPSA) is 82.0 Å². The van der Waals surface area contributed by atoms with Crippen LogP contribution in [-0.4, -0.2) is 27.0 Å². The Morgan fingerprint density at radius 1 is 1.06 bits per heavy atom. The van der Waals surface area contributed by atoms with Gasteiger partial charge in [-0.1, -0.05) is 53.2 Å². The van der Waals surface area contributed by atoms with Crippen molar-refractivity contribution in [3.05, 3.63) is 87.6 Å². The number of benzene rings is 2. The van der Waals surface area contributed by atoms with E-state index >= 15 is 0 Å². The van der Waals surface area contributed by atoms with Gasteiger partial charge in [0.2, 0.25) is 5.17 Å². The number of hydrazone groups is 1. The molecule has 158 valence electrons. The molecule has 6 nitrogen and oxygen atoms in total. The predicted octanol–water partition coefficient (Wildman–Crippen LogP) is 6.41. The van der Waals surface area contributed by atoms with Crippen LogP contribution in [0.3, 0.4) is 0 Å². The number of nitrogens with one attached hydrogen (secondary N) is 1. The Labute approximate surface area is 201 Å². The molecule has 3 heterocycles. The molecule has 10 heteroatoms. The van der Waals surface area contributed by atoms with Gasteiger partial charge in [-0.2, -0.15) is 15.1 Å². The molecule has 1 aromatic heterocycles. The fraction of sp³-hybridized carbons (Fsp3) is 0. The summed E-state index contributed by atoms with van der Waals surface area (Å²) in [6.07, 6.45) is 1.50. The van der Waals surface area contributed by atoms with E-state index in [4.69, 9.17) is 33.0 Å². The first-order valence-corrected chi connectivity index (χ1v) is 11.7. The second-order valence-corrected chi connectivity index (χ2v) is 9.50. The zero-order valence-electron chi connectivity index (χ0n) is 16.1. The fourth-order valence-corrected chi connectivity index (χ4v) is 5.08. The molecule has 0 unspecified atom stereocenters. The van der Waals surface area contributed by atoms with Gasteiger partial charge in [0, 0.05) is 15.5 Å². The standard InChI is InChI=1S/C22H12Cl2N4O2S2/c23-12-5-8-14(9-6-12)31-18-10-7-13(30-18)11-16-19(25)28-22(26-20(16)29)32-21(27-28)15-3-1-2-4-17(15)24/h1-11,25H/b16-11-,25-19?. The maximum Gasteiger partial charge on any atom is 0.283 e. The number of aliphatic imine (C=N–C) groups is 1. The molecule has 2 aliphatic heterocycles. The number of furan rings is 1. The van der Waals surface area contributed by atoms with E-state index in [1.807, 2.05) is 30.3 Å². The van der Waals surface area contributed by atoms with Crippen LogP contribution in [0.25, 0.3) is 6.08 Å². The number of nitrogens with zero attached hydrogens (tertiary/aromatic N) is 3. The average Bonchev–Trinajstić information content (AvgIpc) is 3.40. The van der Waals surface area contributed by atoms with Gasteiger partial charge in [-0.15, -0.1) is 0 Å². The van der Waals surface area contributed by atoms with Crippen molar-refractivity contribution in [2.45, 2.75) is 9.99 Å². The van der Waals surface area contributed by atoms with Gasteiger partial charge in [0.05, 0.1) is 10.6 Å². The van der Waals surface area contributed by atoms with Crippen LogP contribution in [-0.2, 0) is 4.79 Å². The Balaban J connectivity index is 1.39. The zero-order valence-corrected chi connectivity index (χ0v) is 19.2. The Morgan fingerprint density at radius 2 is 1.84 bits per heavy atom. The third-order valence-electron chi connectivity index (χ3n) is 4.48. The molecular weight excluding hydrogens is 487 g/mol. The van der Waals surface area contributed by atoms with Crippen molar-refractivity contribution in [2.24, 2.45) is 10.1 Å². The molecule has 0 atom stereocenters. The third-order valence-corrected chi connectivity index (χ3v) is 6.93. The van der Waals surface area contributed by atoms with Crippen LogP contribution in [0.2, 0.25) is 10.0 Å². The number of carbonyl (C=O) groups excluding carboxylic acids is 1. The van der Waals surface area contributed by atoms with E-state index in [2.05, 4.69) is 10.1 Å². The number of halogens is 2. The lowest BCUT2D eigenvalue weighted by molar-refractivity contribution is -0.114. The maximum atomic E-state index is 12.6. The summed E-state index contributed by atoms with van der Waals surface area (Å²) in [6, 6.07) is 18.2. The van der Waals surface area contributed by atoms with Crippen molar-refractivity contribution >= 4 is 74.8 Å². The third kappa shape index (κ3) is 4.14. The largest absolute Gasteiger partial charge is 0.450 e. The first kappa shape index (κ1) is 21.1. The zero-order chi connectivity index (χ0) is 22.2. The molecule has 5 rings (SSSR count). The molecule has 3 aromatic rings. The smallest absolute Gasteiger partial charge is 0.283 e. The highest BCUT2D eigenvalue weighted by Gasteiger charge is 2.36. The van der Waals surface area contributed by atoms with Crippen LogP contribution in [0, 0.1) is 5.41 Å². The van der Waals surface area contributed by atoms with Crippen molar-refractivity contribution in [1.29, 1.82) is 5.41 Å². The van der Waals surface area contributed by atoms with Crippen LogP contribution < -0.4 is 0 Å². The van der Waals surface area contributed by atoms with E-state index in [0.717, 1.165) is 10.5 Å². The minimum atomic E-state index is -0.521. The van der Waals surface area contributed by atoms with Gasteiger partial charge in [0.1, 0.15) is 10.8 Å². The number of carbonyl (C=O) groups is 1. The van der Waals surface area contributed by atoms with Crippen molar-refractivity contribution < 1.29 is 9.21 Å². The molecule has 0 radical (unpaired) electrons. The molecule has 0 bridgehead atoms. The molecule has 2 aromatic carbocycles. The number of hydrogen-bond donors (Lipinski definition) is 1.